The molecule has 0 radical (unpaired) electrons. The smallest absolute Gasteiger partial charge is 0.421 e. The molecule has 0 fully saturated rings. The SMILES string of the molecule is COc1ncc(-c2cccc(NC(O)[C@H](C)n3cnc4c3c(=O)n(Cc3cc(C)on3)c(=O)n4C)n2)cc1C(F)(F)F. The molecule has 0 saturated carbocycles. The normalized spacial score (nSPS) is 13.3. The van der Waals surface area contributed by atoms with Crippen LogP contribution in [0.1, 0.15) is 30.0 Å². The number of rotatable bonds is 8. The molecule has 5 heterocycles. The lowest BCUT2D eigenvalue weighted by Gasteiger charge is -2.22. The van der Waals surface area contributed by atoms with Crippen molar-refractivity contribution in [2.24, 2.45) is 7.05 Å². The van der Waals surface area contributed by atoms with Crippen LogP contribution in [0.3, 0.4) is 0 Å². The maximum atomic E-state index is 13.5. The number of alkyl halides is 3. The Kier molecular flexibility index (Phi) is 7.32. The molecule has 0 aromatic carbocycles. The highest BCUT2D eigenvalue weighted by molar-refractivity contribution is 5.70. The van der Waals surface area contributed by atoms with Gasteiger partial charge >= 0.3 is 11.9 Å². The van der Waals surface area contributed by atoms with Crippen molar-refractivity contribution < 1.29 is 27.5 Å². The topological polar surface area (TPSA) is 155 Å². The summed E-state index contributed by atoms with van der Waals surface area (Å²) in [5.74, 6) is 0.0995. The summed E-state index contributed by atoms with van der Waals surface area (Å²) in [6.45, 7) is 3.16. The maximum Gasteiger partial charge on any atom is 0.421 e. The molecule has 5 rings (SSSR count). The molecular formula is C26H25F3N8O5. The lowest BCUT2D eigenvalue weighted by Crippen LogP contribution is -2.40. The van der Waals surface area contributed by atoms with Crippen LogP contribution in [0.2, 0.25) is 0 Å². The summed E-state index contributed by atoms with van der Waals surface area (Å²) in [5.41, 5.74) is -1.49. The number of nitrogens with one attached hydrogen (secondary N) is 1. The average Bonchev–Trinajstić information content (AvgIpc) is 3.59. The number of nitrogens with zero attached hydrogens (tertiary/aromatic N) is 7. The van der Waals surface area contributed by atoms with Gasteiger partial charge in [0.1, 0.15) is 29.1 Å². The van der Waals surface area contributed by atoms with Gasteiger partial charge in [0.25, 0.3) is 5.56 Å². The van der Waals surface area contributed by atoms with E-state index in [0.717, 1.165) is 17.7 Å². The molecule has 5 aromatic rings. The number of imidazole rings is 1. The predicted molar refractivity (Wildman–Crippen MR) is 143 cm³/mol. The van der Waals surface area contributed by atoms with Crippen LogP contribution < -0.4 is 21.3 Å². The van der Waals surface area contributed by atoms with E-state index in [1.54, 1.807) is 26.0 Å². The van der Waals surface area contributed by atoms with Crippen LogP contribution in [0.5, 0.6) is 5.88 Å². The molecule has 2 atom stereocenters. The van der Waals surface area contributed by atoms with E-state index in [0.29, 0.717) is 11.5 Å². The first kappa shape index (κ1) is 28.5. The van der Waals surface area contributed by atoms with Crippen molar-refractivity contribution in [2.45, 2.75) is 38.8 Å². The number of halogens is 3. The van der Waals surface area contributed by atoms with Crippen molar-refractivity contribution in [2.75, 3.05) is 12.4 Å². The highest BCUT2D eigenvalue weighted by atomic mass is 19.4. The summed E-state index contributed by atoms with van der Waals surface area (Å²) >= 11 is 0. The quantitative estimate of drug-likeness (QED) is 0.259. The standard InChI is InChI=1S/C26H25F3N8O5/c1-13-8-16(34-42-13)11-36-24(39)20-21(35(3)25(36)40)31-12-37(20)14(2)22(38)33-19-7-5-6-18(32-19)15-9-17(26(27,28)29)23(41-4)30-10-15/h5-10,12,14,22,38H,11H2,1-4H3,(H,32,33)/t14-,22?/m0/s1. The molecule has 2 N–H and O–H groups in total. The molecule has 13 nitrogen and oxygen atoms in total. The number of ether oxygens (including phenoxy) is 1. The maximum absolute atomic E-state index is 13.5. The van der Waals surface area contributed by atoms with Crippen molar-refractivity contribution in [3.8, 4) is 17.1 Å². The van der Waals surface area contributed by atoms with Gasteiger partial charge in [-0.3, -0.25) is 13.9 Å². The third-order valence-corrected chi connectivity index (χ3v) is 6.64. The number of methoxy groups -OCH3 is 1. The second-order valence-electron chi connectivity index (χ2n) is 9.50. The minimum Gasteiger partial charge on any atom is -0.481 e. The Morgan fingerprint density at radius 3 is 2.62 bits per heavy atom. The number of aliphatic hydroxyl groups is 1. The van der Waals surface area contributed by atoms with Crippen LogP contribution >= 0.6 is 0 Å². The molecule has 0 aliphatic carbocycles. The lowest BCUT2D eigenvalue weighted by molar-refractivity contribution is -0.139. The average molecular weight is 587 g/mol. The largest absolute Gasteiger partial charge is 0.481 e. The third-order valence-electron chi connectivity index (χ3n) is 6.64. The molecule has 42 heavy (non-hydrogen) atoms. The van der Waals surface area contributed by atoms with E-state index >= 15 is 0 Å². The lowest BCUT2D eigenvalue weighted by atomic mass is 10.1. The predicted octanol–water partition coefficient (Wildman–Crippen LogP) is 2.72. The van der Waals surface area contributed by atoms with Crippen LogP contribution in [-0.4, -0.2) is 52.3 Å². The zero-order chi connectivity index (χ0) is 30.3. The van der Waals surface area contributed by atoms with E-state index in [4.69, 9.17) is 9.26 Å². The van der Waals surface area contributed by atoms with Gasteiger partial charge in [-0.2, -0.15) is 13.2 Å². The van der Waals surface area contributed by atoms with Crippen LogP contribution in [0.4, 0.5) is 19.0 Å². The first-order valence-corrected chi connectivity index (χ1v) is 12.5. The van der Waals surface area contributed by atoms with Gasteiger partial charge in [0.15, 0.2) is 11.2 Å². The van der Waals surface area contributed by atoms with Gasteiger partial charge in [-0.25, -0.2) is 19.7 Å². The van der Waals surface area contributed by atoms with Gasteiger partial charge in [0.05, 0.1) is 31.7 Å². The summed E-state index contributed by atoms with van der Waals surface area (Å²) in [6.07, 6.45) is -3.50. The Morgan fingerprint density at radius 1 is 1.19 bits per heavy atom. The minimum absolute atomic E-state index is 0.0661. The van der Waals surface area contributed by atoms with Gasteiger partial charge in [-0.05, 0) is 32.0 Å². The zero-order valence-corrected chi connectivity index (χ0v) is 22.7. The molecule has 0 aliphatic heterocycles. The fraction of sp³-hybridized carbons (Fsp3) is 0.308. The van der Waals surface area contributed by atoms with Crippen LogP contribution in [0, 0.1) is 6.92 Å². The second-order valence-corrected chi connectivity index (χ2v) is 9.50. The Labute approximate surface area is 234 Å². The molecule has 0 amide bonds. The van der Waals surface area contributed by atoms with Crippen molar-refractivity contribution in [1.82, 2.24) is 33.8 Å². The molecule has 0 aliphatic rings. The van der Waals surface area contributed by atoms with Gasteiger partial charge in [0.2, 0.25) is 5.88 Å². The van der Waals surface area contributed by atoms with Crippen molar-refractivity contribution in [3.63, 3.8) is 0 Å². The number of fused-ring (bicyclic) bond motifs is 1. The molecule has 0 bridgehead atoms. The fourth-order valence-electron chi connectivity index (χ4n) is 4.45. The summed E-state index contributed by atoms with van der Waals surface area (Å²) in [6, 6.07) is 6.23. The molecule has 0 saturated heterocycles. The van der Waals surface area contributed by atoms with Gasteiger partial charge in [-0.15, -0.1) is 0 Å². The van der Waals surface area contributed by atoms with Gasteiger partial charge < -0.3 is 24.3 Å². The molecule has 5 aromatic heterocycles. The summed E-state index contributed by atoms with van der Waals surface area (Å²) < 4.78 is 53.9. The van der Waals surface area contributed by atoms with E-state index in [9.17, 15) is 27.9 Å². The van der Waals surface area contributed by atoms with Crippen molar-refractivity contribution in [3.05, 3.63) is 80.7 Å². The number of aryl methyl sites for hydroxylation is 2. The van der Waals surface area contributed by atoms with E-state index < -0.39 is 41.1 Å². The number of hydrogen-bond donors (Lipinski definition) is 2. The molecular weight excluding hydrogens is 561 g/mol. The van der Waals surface area contributed by atoms with E-state index in [-0.39, 0.29) is 34.8 Å². The van der Waals surface area contributed by atoms with Crippen LogP contribution in [0.15, 0.2) is 57.0 Å². The zero-order valence-electron chi connectivity index (χ0n) is 22.7. The second kappa shape index (κ2) is 10.8. The van der Waals surface area contributed by atoms with Gasteiger partial charge in [-0.1, -0.05) is 11.2 Å². The number of pyridine rings is 2. The summed E-state index contributed by atoms with van der Waals surface area (Å²) in [5, 5.41) is 17.7. The van der Waals surface area contributed by atoms with Crippen molar-refractivity contribution >= 4 is 17.0 Å². The van der Waals surface area contributed by atoms with Crippen LogP contribution in [-0.2, 0) is 19.8 Å². The molecule has 16 heteroatoms. The Morgan fingerprint density at radius 2 is 1.95 bits per heavy atom. The highest BCUT2D eigenvalue weighted by Crippen LogP contribution is 2.37. The number of hydrogen-bond acceptors (Lipinski definition) is 10. The summed E-state index contributed by atoms with van der Waals surface area (Å²) in [7, 11) is 2.57. The number of aromatic nitrogens is 7. The molecule has 220 valence electrons. The molecule has 1 unspecified atom stereocenters. The first-order valence-electron chi connectivity index (χ1n) is 12.5. The number of anilines is 1. The minimum atomic E-state index is -4.69. The van der Waals surface area contributed by atoms with E-state index in [1.165, 1.54) is 40.8 Å². The van der Waals surface area contributed by atoms with Gasteiger partial charge in [0, 0.05) is 24.9 Å². The Balaban J connectivity index is 1.45. The van der Waals surface area contributed by atoms with Crippen LogP contribution in [0.25, 0.3) is 22.4 Å². The Hall–Kier alpha value is -4.99. The van der Waals surface area contributed by atoms with E-state index in [1.807, 2.05) is 0 Å². The summed E-state index contributed by atoms with van der Waals surface area (Å²) in [4.78, 5) is 38.6. The highest BCUT2D eigenvalue weighted by Gasteiger charge is 2.35. The van der Waals surface area contributed by atoms with E-state index in [2.05, 4.69) is 25.4 Å². The molecule has 0 spiro atoms. The monoisotopic (exact) mass is 586 g/mol. The first-order chi connectivity index (χ1) is 19.9. The number of aliphatic hydroxyl groups excluding tert-OH is 1. The van der Waals surface area contributed by atoms with Crippen molar-refractivity contribution in [1.29, 1.82) is 0 Å². The Bertz CT molecular complexity index is 1890. The fourth-order valence-corrected chi connectivity index (χ4v) is 4.45. The third kappa shape index (κ3) is 5.23.